The van der Waals surface area contributed by atoms with Crippen LogP contribution in [0.4, 0.5) is 5.69 Å². The topological polar surface area (TPSA) is 100 Å². The fraction of sp³-hybridized carbons (Fsp3) is 0. The number of nitrogens with two attached hydrogens (primary N) is 1. The fourth-order valence-electron chi connectivity index (χ4n) is 1.82. The van der Waals surface area contributed by atoms with Crippen LogP contribution in [0.25, 0.3) is 12.2 Å². The van der Waals surface area contributed by atoms with Gasteiger partial charge in [-0.2, -0.15) is 0 Å². The number of nitrogens with zero attached hydrogens (tertiary/aromatic N) is 1. The number of benzene rings is 1. The average Bonchev–Trinajstić information content (AvgIpc) is 2.52. The first kappa shape index (κ1) is 15.2. The standard InChI is InChI=1S/C17H15N3O2/c18-15-6-3-12(5-8-17(21)22)10-14(15)16(19)7-4-13-2-1-9-20-11-13/h1-11,19H,18H2,(H,21,22)/b7-4+,8-5+,19-16?. The van der Waals surface area contributed by atoms with E-state index in [9.17, 15) is 4.79 Å². The molecule has 0 spiro atoms. The van der Waals surface area contributed by atoms with Gasteiger partial charge in [0.2, 0.25) is 0 Å². The largest absolute Gasteiger partial charge is 0.478 e. The van der Waals surface area contributed by atoms with Gasteiger partial charge < -0.3 is 16.2 Å². The van der Waals surface area contributed by atoms with Crippen LogP contribution in [-0.4, -0.2) is 21.8 Å². The maximum absolute atomic E-state index is 10.5. The molecule has 0 unspecified atom stereocenters. The molecule has 110 valence electrons. The average molecular weight is 293 g/mol. The van der Waals surface area contributed by atoms with E-state index in [4.69, 9.17) is 16.2 Å². The van der Waals surface area contributed by atoms with Crippen molar-refractivity contribution in [1.29, 1.82) is 5.41 Å². The van der Waals surface area contributed by atoms with Crippen LogP contribution in [0.15, 0.2) is 54.9 Å². The summed E-state index contributed by atoms with van der Waals surface area (Å²) in [5, 5.41) is 16.8. The van der Waals surface area contributed by atoms with Gasteiger partial charge in [-0.15, -0.1) is 0 Å². The summed E-state index contributed by atoms with van der Waals surface area (Å²) in [4.78, 5) is 14.5. The Bertz CT molecular complexity index is 750. The molecular weight excluding hydrogens is 278 g/mol. The third kappa shape index (κ3) is 4.14. The molecule has 1 aromatic carbocycles. The molecule has 4 N–H and O–H groups in total. The zero-order chi connectivity index (χ0) is 15.9. The quantitative estimate of drug-likeness (QED) is 0.448. The summed E-state index contributed by atoms with van der Waals surface area (Å²) in [6, 6.07) is 8.74. The fourth-order valence-corrected chi connectivity index (χ4v) is 1.82. The highest BCUT2D eigenvalue weighted by atomic mass is 16.4. The van der Waals surface area contributed by atoms with Gasteiger partial charge in [-0.3, -0.25) is 4.98 Å². The zero-order valence-electron chi connectivity index (χ0n) is 11.7. The first-order valence-electron chi connectivity index (χ1n) is 6.54. The Labute approximate surface area is 127 Å². The number of nitrogens with one attached hydrogen (secondary N) is 1. The van der Waals surface area contributed by atoms with Gasteiger partial charge in [-0.05, 0) is 41.5 Å². The Morgan fingerprint density at radius 3 is 2.64 bits per heavy atom. The predicted octanol–water partition coefficient (Wildman–Crippen LogP) is 2.84. The molecule has 0 bridgehead atoms. The van der Waals surface area contributed by atoms with Crippen LogP contribution in [0.5, 0.6) is 0 Å². The minimum absolute atomic E-state index is 0.243. The lowest BCUT2D eigenvalue weighted by molar-refractivity contribution is -0.131. The summed E-state index contributed by atoms with van der Waals surface area (Å²) in [6.45, 7) is 0. The first-order chi connectivity index (χ1) is 10.6. The number of anilines is 1. The lowest BCUT2D eigenvalue weighted by Gasteiger charge is -2.05. The highest BCUT2D eigenvalue weighted by Gasteiger charge is 2.04. The van der Waals surface area contributed by atoms with Crippen LogP contribution >= 0.6 is 0 Å². The van der Waals surface area contributed by atoms with E-state index in [1.807, 2.05) is 12.1 Å². The highest BCUT2D eigenvalue weighted by Crippen LogP contribution is 2.17. The normalized spacial score (nSPS) is 11.1. The van der Waals surface area contributed by atoms with E-state index in [-0.39, 0.29) is 5.71 Å². The van der Waals surface area contributed by atoms with Crippen molar-refractivity contribution in [2.75, 3.05) is 5.73 Å². The molecule has 0 radical (unpaired) electrons. The minimum atomic E-state index is -1.02. The Balaban J connectivity index is 2.23. The van der Waals surface area contributed by atoms with Crippen molar-refractivity contribution in [3.63, 3.8) is 0 Å². The van der Waals surface area contributed by atoms with Crippen LogP contribution in [0.1, 0.15) is 16.7 Å². The minimum Gasteiger partial charge on any atom is -0.478 e. The van der Waals surface area contributed by atoms with Crippen LogP contribution in [0.2, 0.25) is 0 Å². The molecule has 0 atom stereocenters. The Kier molecular flexibility index (Phi) is 4.82. The van der Waals surface area contributed by atoms with Crippen molar-refractivity contribution < 1.29 is 9.90 Å². The van der Waals surface area contributed by atoms with Crippen LogP contribution in [0.3, 0.4) is 0 Å². The van der Waals surface area contributed by atoms with Crippen LogP contribution in [0, 0.1) is 5.41 Å². The lowest BCUT2D eigenvalue weighted by atomic mass is 10.0. The maximum Gasteiger partial charge on any atom is 0.328 e. The maximum atomic E-state index is 10.5. The molecule has 0 saturated heterocycles. The van der Waals surface area contributed by atoms with E-state index in [1.165, 1.54) is 6.08 Å². The second kappa shape index (κ2) is 6.99. The molecule has 0 saturated carbocycles. The molecular formula is C17H15N3O2. The van der Waals surface area contributed by atoms with Gasteiger partial charge in [0.05, 0.1) is 5.71 Å². The van der Waals surface area contributed by atoms with Crippen LogP contribution < -0.4 is 5.73 Å². The number of carbonyl (C=O) groups is 1. The first-order valence-corrected chi connectivity index (χ1v) is 6.54. The monoisotopic (exact) mass is 293 g/mol. The Morgan fingerprint density at radius 1 is 1.18 bits per heavy atom. The summed E-state index contributed by atoms with van der Waals surface area (Å²) in [6.07, 6.45) is 9.29. The van der Waals surface area contributed by atoms with E-state index in [0.29, 0.717) is 16.8 Å². The molecule has 0 amide bonds. The zero-order valence-corrected chi connectivity index (χ0v) is 11.7. The number of hydrogen-bond donors (Lipinski definition) is 3. The van der Waals surface area contributed by atoms with Gasteiger partial charge in [0, 0.05) is 29.7 Å². The van der Waals surface area contributed by atoms with Crippen molar-refractivity contribution in [2.24, 2.45) is 0 Å². The number of allylic oxidation sites excluding steroid dienone is 1. The number of hydrogen-bond acceptors (Lipinski definition) is 4. The van der Waals surface area contributed by atoms with Crippen LogP contribution in [-0.2, 0) is 4.79 Å². The highest BCUT2D eigenvalue weighted by molar-refractivity contribution is 6.12. The Hall–Kier alpha value is -3.21. The van der Waals surface area contributed by atoms with Gasteiger partial charge in [-0.1, -0.05) is 18.2 Å². The molecule has 2 aromatic rings. The van der Waals surface area contributed by atoms with Gasteiger partial charge >= 0.3 is 5.97 Å². The van der Waals surface area contributed by atoms with E-state index >= 15 is 0 Å². The smallest absolute Gasteiger partial charge is 0.328 e. The Morgan fingerprint density at radius 2 is 1.95 bits per heavy atom. The van der Waals surface area contributed by atoms with Gasteiger partial charge in [0.25, 0.3) is 0 Å². The molecule has 2 rings (SSSR count). The SMILES string of the molecule is N=C(/C=C/c1cccnc1)c1cc(/C=C/C(=O)O)ccc1N. The van der Waals surface area contributed by atoms with E-state index in [0.717, 1.165) is 11.6 Å². The number of aliphatic carboxylic acids is 1. The summed E-state index contributed by atoms with van der Waals surface area (Å²) in [5.74, 6) is -1.02. The van der Waals surface area contributed by atoms with E-state index in [1.54, 1.807) is 42.7 Å². The summed E-state index contributed by atoms with van der Waals surface area (Å²) in [7, 11) is 0. The number of carboxylic acid groups (broad SMARTS) is 1. The second-order valence-corrected chi connectivity index (χ2v) is 4.55. The van der Waals surface area contributed by atoms with Crippen molar-refractivity contribution in [2.45, 2.75) is 0 Å². The number of carboxylic acids is 1. The van der Waals surface area contributed by atoms with E-state index in [2.05, 4.69) is 4.98 Å². The number of aromatic nitrogens is 1. The predicted molar refractivity (Wildman–Crippen MR) is 87.6 cm³/mol. The molecule has 0 aliphatic carbocycles. The van der Waals surface area contributed by atoms with Crippen molar-refractivity contribution in [1.82, 2.24) is 4.98 Å². The van der Waals surface area contributed by atoms with Gasteiger partial charge in [0.1, 0.15) is 0 Å². The second-order valence-electron chi connectivity index (χ2n) is 4.55. The molecule has 1 heterocycles. The van der Waals surface area contributed by atoms with Crippen molar-refractivity contribution >= 4 is 29.5 Å². The summed E-state index contributed by atoms with van der Waals surface area (Å²) in [5.41, 5.74) is 8.70. The number of nitrogen functional groups attached to an aromatic ring is 1. The third-order valence-corrected chi connectivity index (χ3v) is 2.91. The number of rotatable bonds is 5. The number of pyridine rings is 1. The molecule has 5 heteroatoms. The molecule has 22 heavy (non-hydrogen) atoms. The summed E-state index contributed by atoms with van der Waals surface area (Å²) < 4.78 is 0. The molecule has 0 aliphatic rings. The summed E-state index contributed by atoms with van der Waals surface area (Å²) >= 11 is 0. The lowest BCUT2D eigenvalue weighted by Crippen LogP contribution is -2.01. The third-order valence-electron chi connectivity index (χ3n) is 2.91. The van der Waals surface area contributed by atoms with Gasteiger partial charge in [0.15, 0.2) is 0 Å². The molecule has 0 aliphatic heterocycles. The van der Waals surface area contributed by atoms with Gasteiger partial charge in [-0.25, -0.2) is 4.79 Å². The van der Waals surface area contributed by atoms with Crippen molar-refractivity contribution in [3.05, 3.63) is 71.6 Å². The molecule has 5 nitrogen and oxygen atoms in total. The molecule has 0 fully saturated rings. The molecule has 1 aromatic heterocycles. The van der Waals surface area contributed by atoms with Crippen molar-refractivity contribution in [3.8, 4) is 0 Å². The van der Waals surface area contributed by atoms with E-state index < -0.39 is 5.97 Å².